The number of carbonyl (C=O) groups is 2. The molecule has 0 aliphatic carbocycles. The second-order valence-electron chi connectivity index (χ2n) is 5.38. The van der Waals surface area contributed by atoms with Gasteiger partial charge in [-0.2, -0.15) is 0 Å². The lowest BCUT2D eigenvalue weighted by Crippen LogP contribution is -2.45. The SMILES string of the molecule is CCOC(=O)C(Cc1ccco1)(CC(C)C)C(=O)OCC. The Morgan fingerprint density at radius 2 is 1.76 bits per heavy atom. The first kappa shape index (κ1) is 17.3. The molecule has 0 spiro atoms. The molecule has 1 rings (SSSR count). The molecule has 0 unspecified atom stereocenters. The van der Waals surface area contributed by atoms with Crippen LogP contribution in [0.25, 0.3) is 0 Å². The molecule has 1 aromatic heterocycles. The molecule has 21 heavy (non-hydrogen) atoms. The number of esters is 2. The van der Waals surface area contributed by atoms with E-state index in [0.29, 0.717) is 12.2 Å². The van der Waals surface area contributed by atoms with Crippen molar-refractivity contribution in [2.45, 2.75) is 40.5 Å². The summed E-state index contributed by atoms with van der Waals surface area (Å²) in [6, 6.07) is 3.47. The fraction of sp³-hybridized carbons (Fsp3) is 0.625. The minimum Gasteiger partial charge on any atom is -0.469 e. The third kappa shape index (κ3) is 4.34. The van der Waals surface area contributed by atoms with Crippen molar-refractivity contribution < 1.29 is 23.5 Å². The minimum absolute atomic E-state index is 0.133. The van der Waals surface area contributed by atoms with E-state index >= 15 is 0 Å². The van der Waals surface area contributed by atoms with Crippen LogP contribution < -0.4 is 0 Å². The molecule has 1 aromatic rings. The van der Waals surface area contributed by atoms with Gasteiger partial charge < -0.3 is 13.9 Å². The number of carbonyl (C=O) groups excluding carboxylic acids is 2. The van der Waals surface area contributed by atoms with Gasteiger partial charge >= 0.3 is 11.9 Å². The predicted octanol–water partition coefficient (Wildman–Crippen LogP) is 2.98. The second kappa shape index (κ2) is 7.86. The van der Waals surface area contributed by atoms with Crippen LogP contribution in [0.3, 0.4) is 0 Å². The molecule has 0 atom stereocenters. The summed E-state index contributed by atoms with van der Waals surface area (Å²) in [6.07, 6.45) is 2.02. The highest BCUT2D eigenvalue weighted by molar-refractivity contribution is 6.00. The van der Waals surface area contributed by atoms with E-state index in [1.807, 2.05) is 13.8 Å². The molecule has 0 aromatic carbocycles. The van der Waals surface area contributed by atoms with Crippen LogP contribution in [0.4, 0.5) is 0 Å². The van der Waals surface area contributed by atoms with Crippen molar-refractivity contribution in [3.8, 4) is 0 Å². The van der Waals surface area contributed by atoms with Crippen LogP contribution in [0.15, 0.2) is 22.8 Å². The Labute approximate surface area is 125 Å². The van der Waals surface area contributed by atoms with Crippen molar-refractivity contribution in [2.24, 2.45) is 11.3 Å². The van der Waals surface area contributed by atoms with Crippen molar-refractivity contribution in [1.29, 1.82) is 0 Å². The highest BCUT2D eigenvalue weighted by Crippen LogP contribution is 2.34. The van der Waals surface area contributed by atoms with Gasteiger partial charge in [0.05, 0.1) is 19.5 Å². The number of rotatable bonds is 8. The van der Waals surface area contributed by atoms with Crippen molar-refractivity contribution in [2.75, 3.05) is 13.2 Å². The third-order valence-corrected chi connectivity index (χ3v) is 3.15. The highest BCUT2D eigenvalue weighted by Gasteiger charge is 2.49. The summed E-state index contributed by atoms with van der Waals surface area (Å²) in [5, 5.41) is 0. The number of furan rings is 1. The maximum absolute atomic E-state index is 12.5. The van der Waals surface area contributed by atoms with Gasteiger partial charge in [0, 0.05) is 6.42 Å². The molecule has 0 saturated heterocycles. The summed E-state index contributed by atoms with van der Waals surface area (Å²) >= 11 is 0. The summed E-state index contributed by atoms with van der Waals surface area (Å²) < 4.78 is 15.6. The van der Waals surface area contributed by atoms with E-state index in [9.17, 15) is 9.59 Å². The van der Waals surface area contributed by atoms with Crippen molar-refractivity contribution in [3.63, 3.8) is 0 Å². The highest BCUT2D eigenvalue weighted by atomic mass is 16.6. The monoisotopic (exact) mass is 296 g/mol. The number of hydrogen-bond donors (Lipinski definition) is 0. The minimum atomic E-state index is -1.35. The fourth-order valence-corrected chi connectivity index (χ4v) is 2.41. The Morgan fingerprint density at radius 3 is 2.14 bits per heavy atom. The molecular weight excluding hydrogens is 272 g/mol. The van der Waals surface area contributed by atoms with Crippen molar-refractivity contribution in [3.05, 3.63) is 24.2 Å². The molecule has 0 bridgehead atoms. The molecule has 0 amide bonds. The molecule has 0 radical (unpaired) electrons. The summed E-state index contributed by atoms with van der Waals surface area (Å²) in [7, 11) is 0. The Morgan fingerprint density at radius 1 is 1.19 bits per heavy atom. The number of ether oxygens (including phenoxy) is 2. The average molecular weight is 296 g/mol. The van der Waals surface area contributed by atoms with Gasteiger partial charge in [-0.1, -0.05) is 13.8 Å². The van der Waals surface area contributed by atoms with Gasteiger partial charge in [-0.3, -0.25) is 9.59 Å². The molecule has 0 aliphatic rings. The van der Waals surface area contributed by atoms with Crippen LogP contribution in [0.1, 0.15) is 39.9 Å². The van der Waals surface area contributed by atoms with Gasteiger partial charge in [-0.25, -0.2) is 0 Å². The van der Waals surface area contributed by atoms with Crippen molar-refractivity contribution in [1.82, 2.24) is 0 Å². The Kier molecular flexibility index (Phi) is 6.46. The molecule has 1 heterocycles. The lowest BCUT2D eigenvalue weighted by Gasteiger charge is -2.29. The van der Waals surface area contributed by atoms with E-state index in [-0.39, 0.29) is 25.6 Å². The third-order valence-electron chi connectivity index (χ3n) is 3.15. The van der Waals surface area contributed by atoms with Gasteiger partial charge in [0.25, 0.3) is 0 Å². The molecule has 5 nitrogen and oxygen atoms in total. The topological polar surface area (TPSA) is 65.7 Å². The van der Waals surface area contributed by atoms with Crippen molar-refractivity contribution >= 4 is 11.9 Å². The first-order valence-electron chi connectivity index (χ1n) is 7.33. The van der Waals surface area contributed by atoms with E-state index in [0.717, 1.165) is 0 Å². The smallest absolute Gasteiger partial charge is 0.323 e. The Bertz CT molecular complexity index is 429. The van der Waals surface area contributed by atoms with E-state index in [1.165, 1.54) is 6.26 Å². The largest absolute Gasteiger partial charge is 0.469 e. The second-order valence-corrected chi connectivity index (χ2v) is 5.38. The summed E-state index contributed by atoms with van der Waals surface area (Å²) in [6.45, 7) is 7.78. The molecular formula is C16H24O5. The quantitative estimate of drug-likeness (QED) is 0.545. The average Bonchev–Trinajstić information content (AvgIpc) is 2.90. The van der Waals surface area contributed by atoms with E-state index in [1.54, 1.807) is 26.0 Å². The summed E-state index contributed by atoms with van der Waals surface area (Å²) in [5.74, 6) is -0.396. The molecule has 118 valence electrons. The molecule has 0 N–H and O–H groups in total. The van der Waals surface area contributed by atoms with Crippen LogP contribution >= 0.6 is 0 Å². The molecule has 0 saturated carbocycles. The standard InChI is InChI=1S/C16H24O5/c1-5-19-14(17)16(10-12(3)4,15(18)20-6-2)11-13-8-7-9-21-13/h7-9,12H,5-6,10-11H2,1-4H3. The van der Waals surface area contributed by atoms with Crippen LogP contribution in [0, 0.1) is 11.3 Å². The summed E-state index contributed by atoms with van der Waals surface area (Å²) in [5.41, 5.74) is -1.35. The van der Waals surface area contributed by atoms with Crippen LogP contribution in [0.2, 0.25) is 0 Å². The maximum Gasteiger partial charge on any atom is 0.323 e. The van der Waals surface area contributed by atoms with E-state index in [4.69, 9.17) is 13.9 Å². The van der Waals surface area contributed by atoms with Gasteiger partial charge in [0.15, 0.2) is 5.41 Å². The zero-order valence-electron chi connectivity index (χ0n) is 13.2. The van der Waals surface area contributed by atoms with E-state index in [2.05, 4.69) is 0 Å². The Hall–Kier alpha value is -1.78. The molecule has 0 fully saturated rings. The van der Waals surface area contributed by atoms with Gasteiger partial charge in [0.1, 0.15) is 5.76 Å². The molecule has 5 heteroatoms. The summed E-state index contributed by atoms with van der Waals surface area (Å²) in [4.78, 5) is 25.0. The van der Waals surface area contributed by atoms with Gasteiger partial charge in [-0.05, 0) is 38.3 Å². The lowest BCUT2D eigenvalue weighted by molar-refractivity contribution is -0.173. The van der Waals surface area contributed by atoms with Crippen LogP contribution in [-0.2, 0) is 25.5 Å². The first-order chi connectivity index (χ1) is 9.96. The first-order valence-corrected chi connectivity index (χ1v) is 7.33. The van der Waals surface area contributed by atoms with Crippen LogP contribution in [0.5, 0.6) is 0 Å². The fourth-order valence-electron chi connectivity index (χ4n) is 2.41. The Balaban J connectivity index is 3.18. The van der Waals surface area contributed by atoms with Gasteiger partial charge in [-0.15, -0.1) is 0 Å². The maximum atomic E-state index is 12.5. The van der Waals surface area contributed by atoms with Gasteiger partial charge in [0.2, 0.25) is 0 Å². The van der Waals surface area contributed by atoms with E-state index < -0.39 is 17.4 Å². The molecule has 0 aliphatic heterocycles. The lowest BCUT2D eigenvalue weighted by atomic mass is 9.76. The predicted molar refractivity (Wildman–Crippen MR) is 77.6 cm³/mol. The number of hydrogen-bond acceptors (Lipinski definition) is 5. The zero-order valence-corrected chi connectivity index (χ0v) is 13.2. The normalized spacial score (nSPS) is 11.5. The van der Waals surface area contributed by atoms with Crippen LogP contribution in [-0.4, -0.2) is 25.2 Å². The zero-order chi connectivity index (χ0) is 15.9.